The van der Waals surface area contributed by atoms with Crippen molar-refractivity contribution in [2.75, 3.05) is 0 Å². The summed E-state index contributed by atoms with van der Waals surface area (Å²) in [5, 5.41) is 0. The third-order valence-electron chi connectivity index (χ3n) is 0.834. The van der Waals surface area contributed by atoms with E-state index in [2.05, 4.69) is 19.2 Å². The second-order valence-electron chi connectivity index (χ2n) is 1.89. The molecule has 1 heteroatoms. The van der Waals surface area contributed by atoms with Gasteiger partial charge in [-0.05, 0) is 24.8 Å². The van der Waals surface area contributed by atoms with Gasteiger partial charge in [0.1, 0.15) is 0 Å². The van der Waals surface area contributed by atoms with Gasteiger partial charge in [0.25, 0.3) is 0 Å². The molecule has 0 amide bonds. The number of thiol groups is 1. The summed E-state index contributed by atoms with van der Waals surface area (Å²) in [5.74, 6) is 0. The van der Waals surface area contributed by atoms with Gasteiger partial charge in [-0.15, -0.1) is 12.6 Å². The molecule has 0 fully saturated rings. The topological polar surface area (TPSA) is 0 Å². The summed E-state index contributed by atoms with van der Waals surface area (Å²) < 4.78 is 0. The first-order valence-corrected chi connectivity index (χ1v) is 3.30. The van der Waals surface area contributed by atoms with Crippen LogP contribution in [0.15, 0.2) is 35.3 Å². The zero-order valence-corrected chi connectivity index (χ0v) is 6.78. The third kappa shape index (κ3) is 5.44. The van der Waals surface area contributed by atoms with Crippen molar-refractivity contribution in [3.63, 3.8) is 0 Å². The van der Waals surface area contributed by atoms with Crippen LogP contribution in [0.4, 0.5) is 0 Å². The molecule has 0 aromatic rings. The van der Waals surface area contributed by atoms with Gasteiger partial charge in [-0.3, -0.25) is 0 Å². The molecule has 0 saturated heterocycles. The van der Waals surface area contributed by atoms with Crippen LogP contribution in [0.3, 0.4) is 0 Å². The molecule has 0 aliphatic heterocycles. The predicted molar refractivity (Wildman–Crippen MR) is 46.7 cm³/mol. The molecule has 50 valence electrons. The molecule has 0 heterocycles. The van der Waals surface area contributed by atoms with Gasteiger partial charge >= 0.3 is 0 Å². The van der Waals surface area contributed by atoms with Gasteiger partial charge < -0.3 is 0 Å². The lowest BCUT2D eigenvalue weighted by Gasteiger charge is -1.86. The quantitative estimate of drug-likeness (QED) is 0.442. The molecule has 0 unspecified atom stereocenters. The van der Waals surface area contributed by atoms with E-state index in [-0.39, 0.29) is 0 Å². The van der Waals surface area contributed by atoms with Crippen molar-refractivity contribution in [2.45, 2.75) is 13.8 Å². The van der Waals surface area contributed by atoms with E-state index in [9.17, 15) is 0 Å². The van der Waals surface area contributed by atoms with E-state index in [1.54, 1.807) is 0 Å². The van der Waals surface area contributed by atoms with Crippen LogP contribution >= 0.6 is 12.6 Å². The van der Waals surface area contributed by atoms with Crippen LogP contribution in [0.2, 0.25) is 0 Å². The Balaban J connectivity index is 3.86. The summed E-state index contributed by atoms with van der Waals surface area (Å²) in [4.78, 5) is 0.970. The van der Waals surface area contributed by atoms with E-state index in [4.69, 9.17) is 0 Å². The minimum atomic E-state index is 0.970. The number of allylic oxidation sites excluding steroid dienone is 4. The molecule has 0 aliphatic rings. The van der Waals surface area contributed by atoms with Gasteiger partial charge in [-0.2, -0.15) is 0 Å². The molecule has 0 nitrogen and oxygen atoms in total. The Labute approximate surface area is 62.4 Å². The van der Waals surface area contributed by atoms with Gasteiger partial charge in [-0.25, -0.2) is 0 Å². The fourth-order valence-corrected chi connectivity index (χ4v) is 0.398. The maximum Gasteiger partial charge on any atom is -0.000269 e. The molecule has 0 rings (SSSR count). The van der Waals surface area contributed by atoms with E-state index < -0.39 is 0 Å². The van der Waals surface area contributed by atoms with Crippen LogP contribution in [0.25, 0.3) is 0 Å². The van der Waals surface area contributed by atoms with E-state index in [1.807, 2.05) is 32.1 Å². The van der Waals surface area contributed by atoms with Crippen molar-refractivity contribution < 1.29 is 0 Å². The Bertz CT molecular complexity index is 152. The highest BCUT2D eigenvalue weighted by molar-refractivity contribution is 7.84. The second-order valence-corrected chi connectivity index (χ2v) is 2.41. The average molecular weight is 140 g/mol. The summed E-state index contributed by atoms with van der Waals surface area (Å²) in [6, 6.07) is 0. The molecule has 0 bridgehead atoms. The molecular formula is C8H12S. The van der Waals surface area contributed by atoms with E-state index >= 15 is 0 Å². The van der Waals surface area contributed by atoms with E-state index in [1.165, 1.54) is 0 Å². The fourth-order valence-electron chi connectivity index (χ4n) is 0.324. The van der Waals surface area contributed by atoms with Crippen molar-refractivity contribution in [3.05, 3.63) is 35.3 Å². The van der Waals surface area contributed by atoms with E-state index in [0.29, 0.717) is 0 Å². The number of hydrogen-bond donors (Lipinski definition) is 1. The zero-order chi connectivity index (χ0) is 7.28. The summed E-state index contributed by atoms with van der Waals surface area (Å²) in [5.41, 5.74) is 1.04. The summed E-state index contributed by atoms with van der Waals surface area (Å²) in [6.07, 6.45) is 5.79. The van der Waals surface area contributed by atoms with Gasteiger partial charge in [0.2, 0.25) is 0 Å². The highest BCUT2D eigenvalue weighted by Gasteiger charge is 1.76. The fraction of sp³-hybridized carbons (Fsp3) is 0.250. The number of rotatable bonds is 2. The van der Waals surface area contributed by atoms with E-state index in [0.717, 1.165) is 10.5 Å². The van der Waals surface area contributed by atoms with Gasteiger partial charge in [0, 0.05) is 0 Å². The average Bonchev–Trinajstić information content (AvgIpc) is 1.83. The smallest absolute Gasteiger partial charge is 0.000269 e. The second kappa shape index (κ2) is 4.45. The summed E-state index contributed by atoms with van der Waals surface area (Å²) in [7, 11) is 0. The Hall–Kier alpha value is -0.430. The molecule has 0 saturated carbocycles. The molecule has 0 radical (unpaired) electrons. The highest BCUT2D eigenvalue weighted by atomic mass is 32.1. The van der Waals surface area contributed by atoms with Crippen LogP contribution in [-0.2, 0) is 0 Å². The van der Waals surface area contributed by atoms with Crippen molar-refractivity contribution in [1.82, 2.24) is 0 Å². The molecule has 0 N–H and O–H groups in total. The van der Waals surface area contributed by atoms with Crippen molar-refractivity contribution in [3.8, 4) is 0 Å². The Morgan fingerprint density at radius 3 is 2.33 bits per heavy atom. The first kappa shape index (κ1) is 8.57. The molecule has 0 aromatic carbocycles. The molecular weight excluding hydrogens is 128 g/mol. The molecule has 0 aliphatic carbocycles. The third-order valence-corrected chi connectivity index (χ3v) is 1.24. The lowest BCUT2D eigenvalue weighted by Crippen LogP contribution is -1.62. The van der Waals surface area contributed by atoms with Crippen molar-refractivity contribution in [1.29, 1.82) is 0 Å². The predicted octanol–water partition coefficient (Wildman–Crippen LogP) is 2.95. The first-order valence-electron chi connectivity index (χ1n) is 2.85. The summed E-state index contributed by atoms with van der Waals surface area (Å²) >= 11 is 4.14. The van der Waals surface area contributed by atoms with Crippen LogP contribution < -0.4 is 0 Å². The van der Waals surface area contributed by atoms with Crippen molar-refractivity contribution in [2.24, 2.45) is 0 Å². The lowest BCUT2D eigenvalue weighted by molar-refractivity contribution is 1.55. The minimum absolute atomic E-state index is 0.970. The molecule has 0 aromatic heterocycles. The Morgan fingerprint density at radius 2 is 2.00 bits per heavy atom. The van der Waals surface area contributed by atoms with Crippen LogP contribution in [0.1, 0.15) is 13.8 Å². The maximum atomic E-state index is 4.14. The zero-order valence-electron chi connectivity index (χ0n) is 5.89. The maximum absolute atomic E-state index is 4.14. The lowest BCUT2D eigenvalue weighted by atomic mass is 10.3. The van der Waals surface area contributed by atoms with Gasteiger partial charge in [0.15, 0.2) is 0 Å². The largest absolute Gasteiger partial charge is 0.144 e. The Morgan fingerprint density at radius 1 is 1.44 bits per heavy atom. The van der Waals surface area contributed by atoms with Crippen LogP contribution in [-0.4, -0.2) is 0 Å². The first-order chi connectivity index (χ1) is 4.16. The normalized spacial score (nSPS) is 12.6. The number of hydrogen-bond acceptors (Lipinski definition) is 1. The monoisotopic (exact) mass is 140 g/mol. The highest BCUT2D eigenvalue weighted by Crippen LogP contribution is 2.02. The Kier molecular flexibility index (Phi) is 4.24. The minimum Gasteiger partial charge on any atom is -0.144 e. The van der Waals surface area contributed by atoms with Crippen LogP contribution in [0, 0.1) is 0 Å². The standard InChI is InChI=1S/C8H12S/c1-4-8(9)6-5-7(2)3/h4-6,9H,2H2,1,3H3/b6-5-,8-4+. The molecule has 0 spiro atoms. The van der Waals surface area contributed by atoms with Crippen LogP contribution in [0.5, 0.6) is 0 Å². The molecule has 9 heavy (non-hydrogen) atoms. The SMILES string of the molecule is C=C(C)/C=C\C(S)=C/C. The van der Waals surface area contributed by atoms with Gasteiger partial charge in [-0.1, -0.05) is 24.3 Å². The summed E-state index contributed by atoms with van der Waals surface area (Å²) in [6.45, 7) is 7.61. The van der Waals surface area contributed by atoms with Gasteiger partial charge in [0.05, 0.1) is 0 Å². The molecule has 0 atom stereocenters. The van der Waals surface area contributed by atoms with Crippen molar-refractivity contribution >= 4 is 12.6 Å².